The van der Waals surface area contributed by atoms with Crippen LogP contribution in [0.3, 0.4) is 0 Å². The van der Waals surface area contributed by atoms with Gasteiger partial charge in [0, 0.05) is 16.7 Å². The fourth-order valence-corrected chi connectivity index (χ4v) is 2.39. The molecule has 0 bridgehead atoms. The van der Waals surface area contributed by atoms with Gasteiger partial charge < -0.3 is 17.2 Å². The van der Waals surface area contributed by atoms with E-state index in [1.807, 2.05) is 12.3 Å². The van der Waals surface area contributed by atoms with Crippen molar-refractivity contribution in [3.8, 4) is 0 Å². The summed E-state index contributed by atoms with van der Waals surface area (Å²) in [6, 6.07) is 0.0979. The van der Waals surface area contributed by atoms with Gasteiger partial charge in [-0.15, -0.1) is 11.3 Å². The number of hydrogen-bond donors (Lipinski definition) is 4. The molecule has 0 radical (unpaired) electrons. The average Bonchev–Trinajstić information content (AvgIpc) is 2.50. The number of nitrogens with zero attached hydrogens (tertiary/aromatic N) is 2. The van der Waals surface area contributed by atoms with Crippen LogP contribution in [0.4, 0.5) is 5.13 Å². The van der Waals surface area contributed by atoms with Gasteiger partial charge in [0.15, 0.2) is 5.96 Å². The Bertz CT molecular complexity index is 343. The van der Waals surface area contributed by atoms with Gasteiger partial charge in [0.2, 0.25) is 5.13 Å². The van der Waals surface area contributed by atoms with E-state index in [-0.39, 0.29) is 17.3 Å². The van der Waals surface area contributed by atoms with Gasteiger partial charge in [0.25, 0.3) is 0 Å². The van der Waals surface area contributed by atoms with Crippen molar-refractivity contribution in [2.75, 3.05) is 0 Å². The van der Waals surface area contributed by atoms with Gasteiger partial charge in [-0.05, 0) is 13.3 Å². The first-order valence-corrected chi connectivity index (χ1v) is 5.87. The van der Waals surface area contributed by atoms with Crippen LogP contribution in [0.1, 0.15) is 24.3 Å². The SMILES string of the molecule is CC(N)CC(S)c1csc(N=C(N)N)n1. The van der Waals surface area contributed by atoms with Crippen molar-refractivity contribution in [2.45, 2.75) is 24.6 Å². The van der Waals surface area contributed by atoms with Crippen LogP contribution in [0.2, 0.25) is 0 Å². The lowest BCUT2D eigenvalue weighted by Crippen LogP contribution is -2.21. The molecule has 6 N–H and O–H groups in total. The van der Waals surface area contributed by atoms with E-state index in [4.69, 9.17) is 17.2 Å². The van der Waals surface area contributed by atoms with Gasteiger partial charge in [-0.2, -0.15) is 17.6 Å². The second-order valence-corrected chi connectivity index (χ2v) is 4.78. The summed E-state index contributed by atoms with van der Waals surface area (Å²) in [5.41, 5.74) is 17.0. The molecule has 7 heteroatoms. The van der Waals surface area contributed by atoms with Crippen LogP contribution in [0, 0.1) is 0 Å². The lowest BCUT2D eigenvalue weighted by Gasteiger charge is -2.09. The second-order valence-electron chi connectivity index (χ2n) is 3.32. The van der Waals surface area contributed by atoms with E-state index in [1.54, 1.807) is 0 Å². The fourth-order valence-electron chi connectivity index (χ4n) is 1.06. The highest BCUT2D eigenvalue weighted by Crippen LogP contribution is 2.29. The molecule has 0 amide bonds. The average molecular weight is 245 g/mol. The summed E-state index contributed by atoms with van der Waals surface area (Å²) < 4.78 is 0. The maximum absolute atomic E-state index is 5.68. The molecule has 2 unspecified atom stereocenters. The smallest absolute Gasteiger partial charge is 0.212 e. The van der Waals surface area contributed by atoms with Crippen LogP contribution in [-0.2, 0) is 0 Å². The molecule has 0 saturated carbocycles. The first kappa shape index (κ1) is 12.3. The molecule has 0 aliphatic rings. The van der Waals surface area contributed by atoms with E-state index in [9.17, 15) is 0 Å². The zero-order valence-corrected chi connectivity index (χ0v) is 10.1. The fraction of sp³-hybridized carbons (Fsp3) is 0.500. The highest BCUT2D eigenvalue weighted by atomic mass is 32.1. The summed E-state index contributed by atoms with van der Waals surface area (Å²) in [6.45, 7) is 1.94. The van der Waals surface area contributed by atoms with E-state index in [0.29, 0.717) is 5.13 Å². The Morgan fingerprint density at radius 2 is 2.33 bits per heavy atom. The second kappa shape index (κ2) is 5.34. The number of thiazole rings is 1. The summed E-state index contributed by atoms with van der Waals surface area (Å²) in [5.74, 6) is 0.0128. The first-order chi connectivity index (χ1) is 6.99. The van der Waals surface area contributed by atoms with Crippen molar-refractivity contribution in [2.24, 2.45) is 22.2 Å². The first-order valence-electron chi connectivity index (χ1n) is 4.47. The van der Waals surface area contributed by atoms with Crippen LogP contribution >= 0.6 is 24.0 Å². The largest absolute Gasteiger partial charge is 0.370 e. The van der Waals surface area contributed by atoms with Crippen molar-refractivity contribution in [1.29, 1.82) is 0 Å². The third-order valence-electron chi connectivity index (χ3n) is 1.67. The molecule has 0 fully saturated rings. The van der Waals surface area contributed by atoms with Crippen LogP contribution in [0.5, 0.6) is 0 Å². The number of guanidine groups is 1. The van der Waals surface area contributed by atoms with E-state index in [1.165, 1.54) is 11.3 Å². The minimum atomic E-state index is 0.0128. The van der Waals surface area contributed by atoms with Crippen molar-refractivity contribution in [3.05, 3.63) is 11.1 Å². The van der Waals surface area contributed by atoms with Gasteiger partial charge in [-0.3, -0.25) is 0 Å². The number of hydrogen-bond acceptors (Lipinski definition) is 5. The zero-order valence-electron chi connectivity index (χ0n) is 8.42. The molecule has 1 aromatic rings. The Morgan fingerprint density at radius 3 is 2.87 bits per heavy atom. The number of aromatic nitrogens is 1. The van der Waals surface area contributed by atoms with Gasteiger partial charge in [-0.1, -0.05) is 0 Å². The van der Waals surface area contributed by atoms with Crippen LogP contribution < -0.4 is 17.2 Å². The van der Waals surface area contributed by atoms with Crippen molar-refractivity contribution in [3.63, 3.8) is 0 Å². The summed E-state index contributed by atoms with van der Waals surface area (Å²) in [5, 5.41) is 2.47. The van der Waals surface area contributed by atoms with E-state index in [2.05, 4.69) is 22.6 Å². The molecule has 84 valence electrons. The van der Waals surface area contributed by atoms with Crippen molar-refractivity contribution >= 4 is 35.1 Å². The van der Waals surface area contributed by atoms with Crippen LogP contribution in [0.25, 0.3) is 0 Å². The third kappa shape index (κ3) is 4.06. The van der Waals surface area contributed by atoms with Crippen LogP contribution in [0.15, 0.2) is 10.4 Å². The lowest BCUT2D eigenvalue weighted by molar-refractivity contribution is 0.652. The molecule has 0 spiro atoms. The Labute approximate surface area is 98.2 Å². The molecule has 0 aliphatic carbocycles. The van der Waals surface area contributed by atoms with E-state index in [0.717, 1.165) is 12.1 Å². The number of aliphatic imine (C=N–C) groups is 1. The molecule has 0 saturated heterocycles. The monoisotopic (exact) mass is 245 g/mol. The summed E-state index contributed by atoms with van der Waals surface area (Å²) in [7, 11) is 0. The molecule has 2 atom stereocenters. The molecule has 0 aromatic carbocycles. The highest BCUT2D eigenvalue weighted by molar-refractivity contribution is 7.80. The van der Waals surface area contributed by atoms with E-state index >= 15 is 0 Å². The molecular weight excluding hydrogens is 230 g/mol. The molecule has 15 heavy (non-hydrogen) atoms. The molecule has 5 nitrogen and oxygen atoms in total. The van der Waals surface area contributed by atoms with Gasteiger partial charge in [0.05, 0.1) is 5.69 Å². The quantitative estimate of drug-likeness (QED) is 0.357. The Kier molecular flexibility index (Phi) is 4.37. The Morgan fingerprint density at radius 1 is 1.67 bits per heavy atom. The third-order valence-corrected chi connectivity index (χ3v) is 2.90. The lowest BCUT2D eigenvalue weighted by atomic mass is 10.1. The van der Waals surface area contributed by atoms with Gasteiger partial charge in [-0.25, -0.2) is 4.98 Å². The van der Waals surface area contributed by atoms with Crippen LogP contribution in [-0.4, -0.2) is 17.0 Å². The maximum atomic E-state index is 5.68. The van der Waals surface area contributed by atoms with E-state index < -0.39 is 0 Å². The number of nitrogens with two attached hydrogens (primary N) is 3. The molecular formula is C8H15N5S2. The minimum Gasteiger partial charge on any atom is -0.370 e. The molecule has 1 rings (SSSR count). The normalized spacial score (nSPS) is 14.6. The summed E-state index contributed by atoms with van der Waals surface area (Å²) >= 11 is 5.80. The van der Waals surface area contributed by atoms with Crippen molar-refractivity contribution in [1.82, 2.24) is 4.98 Å². The Balaban J connectivity index is 2.71. The number of thiol groups is 1. The maximum Gasteiger partial charge on any atom is 0.212 e. The topological polar surface area (TPSA) is 103 Å². The summed E-state index contributed by atoms with van der Waals surface area (Å²) in [4.78, 5) is 8.10. The zero-order chi connectivity index (χ0) is 11.4. The van der Waals surface area contributed by atoms with Crippen molar-refractivity contribution < 1.29 is 0 Å². The standard InChI is InChI=1S/C8H15N5S2/c1-4(9)2-6(14)5-3-15-8(12-5)13-7(10)11/h3-4,6,14H,2,9H2,1H3,(H4,10,11,12,13). The summed E-state index contributed by atoms with van der Waals surface area (Å²) in [6.07, 6.45) is 0.772. The molecule has 1 heterocycles. The predicted octanol–water partition coefficient (Wildman–Crippen LogP) is 0.756. The minimum absolute atomic E-state index is 0.0128. The highest BCUT2D eigenvalue weighted by Gasteiger charge is 2.12. The predicted molar refractivity (Wildman–Crippen MR) is 67.6 cm³/mol. The molecule has 1 aromatic heterocycles. The van der Waals surface area contributed by atoms with Gasteiger partial charge in [0.1, 0.15) is 0 Å². The molecule has 0 aliphatic heterocycles. The number of rotatable bonds is 4. The Hall–Kier alpha value is -0.790. The van der Waals surface area contributed by atoms with Gasteiger partial charge >= 0.3 is 0 Å².